The van der Waals surface area contributed by atoms with Crippen LogP contribution < -0.4 is 4.74 Å². The highest BCUT2D eigenvalue weighted by Crippen LogP contribution is 2.19. The Morgan fingerprint density at radius 2 is 2.27 bits per heavy atom. The minimum Gasteiger partial charge on any atom is -0.492 e. The molecule has 0 saturated heterocycles. The van der Waals surface area contributed by atoms with Crippen LogP contribution in [0, 0.1) is 6.92 Å². The zero-order valence-electron chi connectivity index (χ0n) is 8.82. The molecule has 0 amide bonds. The van der Waals surface area contributed by atoms with Gasteiger partial charge in [0, 0.05) is 5.75 Å². The van der Waals surface area contributed by atoms with Gasteiger partial charge < -0.3 is 9.84 Å². The second-order valence-corrected chi connectivity index (χ2v) is 4.11. The first-order valence-corrected chi connectivity index (χ1v) is 6.00. The van der Waals surface area contributed by atoms with Gasteiger partial charge in [0.05, 0.1) is 12.2 Å². The zero-order valence-corrected chi connectivity index (χ0v) is 9.63. The molecule has 0 heterocycles. The number of thioether (sulfide) groups is 1. The Kier molecular flexibility index (Phi) is 4.49. The molecule has 0 saturated carbocycles. The molecule has 0 aliphatic rings. The molecule has 0 aromatic heterocycles. The first kappa shape index (κ1) is 11.9. The average molecular weight is 226 g/mol. The van der Waals surface area contributed by atoms with Crippen molar-refractivity contribution in [2.75, 3.05) is 18.6 Å². The minimum atomic E-state index is -0.926. The summed E-state index contributed by atoms with van der Waals surface area (Å²) >= 11 is 1.70. The Morgan fingerprint density at radius 3 is 2.87 bits per heavy atom. The molecule has 0 unspecified atom stereocenters. The number of carboxylic acids is 1. The van der Waals surface area contributed by atoms with Crippen molar-refractivity contribution in [2.24, 2.45) is 0 Å². The lowest BCUT2D eigenvalue weighted by Gasteiger charge is -2.08. The molecule has 1 N–H and O–H groups in total. The summed E-state index contributed by atoms with van der Waals surface area (Å²) < 4.78 is 5.48. The van der Waals surface area contributed by atoms with Crippen LogP contribution in [-0.4, -0.2) is 29.7 Å². The second-order valence-electron chi connectivity index (χ2n) is 3.13. The van der Waals surface area contributed by atoms with Gasteiger partial charge in [-0.3, -0.25) is 0 Å². The normalized spacial score (nSPS) is 10.0. The van der Waals surface area contributed by atoms with Crippen molar-refractivity contribution >= 4 is 17.7 Å². The third-order valence-corrected chi connectivity index (χ3v) is 2.56. The van der Waals surface area contributed by atoms with Crippen molar-refractivity contribution in [3.63, 3.8) is 0 Å². The smallest absolute Gasteiger partial charge is 0.335 e. The standard InChI is InChI=1S/C11H14O3S/c1-8-3-4-9(11(12)13)7-10(8)14-5-6-15-2/h3-4,7H,5-6H2,1-2H3,(H,12,13). The van der Waals surface area contributed by atoms with E-state index in [2.05, 4.69) is 0 Å². The summed E-state index contributed by atoms with van der Waals surface area (Å²) in [4.78, 5) is 10.7. The van der Waals surface area contributed by atoms with Gasteiger partial charge >= 0.3 is 5.97 Å². The average Bonchev–Trinajstić information content (AvgIpc) is 2.20. The highest BCUT2D eigenvalue weighted by atomic mass is 32.2. The summed E-state index contributed by atoms with van der Waals surface area (Å²) in [6.07, 6.45) is 2.00. The van der Waals surface area contributed by atoms with E-state index in [4.69, 9.17) is 9.84 Å². The van der Waals surface area contributed by atoms with Crippen molar-refractivity contribution in [1.82, 2.24) is 0 Å². The first-order valence-electron chi connectivity index (χ1n) is 4.61. The number of ether oxygens (including phenoxy) is 1. The largest absolute Gasteiger partial charge is 0.492 e. The highest BCUT2D eigenvalue weighted by Gasteiger charge is 2.06. The predicted molar refractivity (Wildman–Crippen MR) is 62.0 cm³/mol. The predicted octanol–water partition coefficient (Wildman–Crippen LogP) is 2.44. The van der Waals surface area contributed by atoms with Gasteiger partial charge in [-0.2, -0.15) is 11.8 Å². The molecular formula is C11H14O3S. The molecule has 1 aromatic carbocycles. The van der Waals surface area contributed by atoms with Crippen LogP contribution in [0.1, 0.15) is 15.9 Å². The van der Waals surface area contributed by atoms with E-state index in [9.17, 15) is 4.79 Å². The third kappa shape index (κ3) is 3.47. The Labute approximate surface area is 93.4 Å². The van der Waals surface area contributed by atoms with Crippen molar-refractivity contribution < 1.29 is 14.6 Å². The van der Waals surface area contributed by atoms with Crippen molar-refractivity contribution in [3.05, 3.63) is 29.3 Å². The van der Waals surface area contributed by atoms with E-state index in [1.807, 2.05) is 13.2 Å². The Balaban J connectivity index is 2.76. The van der Waals surface area contributed by atoms with Gasteiger partial charge in [0.1, 0.15) is 5.75 Å². The minimum absolute atomic E-state index is 0.264. The van der Waals surface area contributed by atoms with Gasteiger partial charge in [0.15, 0.2) is 0 Å². The van der Waals surface area contributed by atoms with Crippen LogP contribution >= 0.6 is 11.8 Å². The van der Waals surface area contributed by atoms with Crippen LogP contribution in [0.4, 0.5) is 0 Å². The molecule has 0 atom stereocenters. The quantitative estimate of drug-likeness (QED) is 0.783. The first-order chi connectivity index (χ1) is 7.15. The molecule has 0 aliphatic heterocycles. The van der Waals surface area contributed by atoms with Gasteiger partial charge in [-0.25, -0.2) is 4.79 Å². The molecular weight excluding hydrogens is 212 g/mol. The summed E-state index contributed by atoms with van der Waals surface area (Å²) in [5, 5.41) is 8.81. The second kappa shape index (κ2) is 5.66. The molecule has 0 spiro atoms. The van der Waals surface area contributed by atoms with E-state index in [1.165, 1.54) is 0 Å². The third-order valence-electron chi connectivity index (χ3n) is 1.98. The summed E-state index contributed by atoms with van der Waals surface area (Å²) in [6.45, 7) is 2.51. The summed E-state index contributed by atoms with van der Waals surface area (Å²) in [5.41, 5.74) is 1.22. The lowest BCUT2D eigenvalue weighted by atomic mass is 10.1. The van der Waals surface area contributed by atoms with E-state index in [1.54, 1.807) is 30.0 Å². The van der Waals surface area contributed by atoms with E-state index in [0.29, 0.717) is 12.4 Å². The van der Waals surface area contributed by atoms with E-state index >= 15 is 0 Å². The molecule has 15 heavy (non-hydrogen) atoms. The van der Waals surface area contributed by atoms with Crippen LogP contribution in [0.15, 0.2) is 18.2 Å². The van der Waals surface area contributed by atoms with Crippen molar-refractivity contribution in [1.29, 1.82) is 0 Å². The number of rotatable bonds is 5. The van der Waals surface area contributed by atoms with Gasteiger partial charge in [0.25, 0.3) is 0 Å². The van der Waals surface area contributed by atoms with Gasteiger partial charge in [0.2, 0.25) is 0 Å². The summed E-state index contributed by atoms with van der Waals surface area (Å²) in [6, 6.07) is 4.91. The molecule has 82 valence electrons. The molecule has 3 nitrogen and oxygen atoms in total. The number of aryl methyl sites for hydroxylation is 1. The Hall–Kier alpha value is -1.16. The molecule has 0 radical (unpaired) electrons. The van der Waals surface area contributed by atoms with Crippen LogP contribution in [-0.2, 0) is 0 Å². The fourth-order valence-electron chi connectivity index (χ4n) is 1.12. The maximum Gasteiger partial charge on any atom is 0.335 e. The van der Waals surface area contributed by atoms with Crippen molar-refractivity contribution in [2.45, 2.75) is 6.92 Å². The molecule has 4 heteroatoms. The number of hydrogen-bond donors (Lipinski definition) is 1. The van der Waals surface area contributed by atoms with E-state index < -0.39 is 5.97 Å². The number of hydrogen-bond acceptors (Lipinski definition) is 3. The van der Waals surface area contributed by atoms with Crippen LogP contribution in [0.25, 0.3) is 0 Å². The summed E-state index contributed by atoms with van der Waals surface area (Å²) in [5.74, 6) is 0.630. The Bertz CT molecular complexity index is 350. The lowest BCUT2D eigenvalue weighted by Crippen LogP contribution is -2.03. The lowest BCUT2D eigenvalue weighted by molar-refractivity contribution is 0.0696. The van der Waals surface area contributed by atoms with Gasteiger partial charge in [-0.05, 0) is 30.9 Å². The van der Waals surface area contributed by atoms with Gasteiger partial charge in [-0.15, -0.1) is 0 Å². The van der Waals surface area contributed by atoms with E-state index in [0.717, 1.165) is 11.3 Å². The van der Waals surface area contributed by atoms with E-state index in [-0.39, 0.29) is 5.56 Å². The van der Waals surface area contributed by atoms with Gasteiger partial charge in [-0.1, -0.05) is 6.07 Å². The SMILES string of the molecule is CSCCOc1cc(C(=O)O)ccc1C. The number of carboxylic acid groups (broad SMARTS) is 1. The fourth-order valence-corrected chi connectivity index (χ4v) is 1.37. The van der Waals surface area contributed by atoms with Crippen LogP contribution in [0.3, 0.4) is 0 Å². The molecule has 0 fully saturated rings. The number of carbonyl (C=O) groups is 1. The molecule has 1 rings (SSSR count). The molecule has 0 bridgehead atoms. The zero-order chi connectivity index (χ0) is 11.3. The van der Waals surface area contributed by atoms with Crippen LogP contribution in [0.5, 0.6) is 5.75 Å². The summed E-state index contributed by atoms with van der Waals surface area (Å²) in [7, 11) is 0. The molecule has 1 aromatic rings. The fraction of sp³-hybridized carbons (Fsp3) is 0.364. The van der Waals surface area contributed by atoms with Crippen molar-refractivity contribution in [3.8, 4) is 5.75 Å². The highest BCUT2D eigenvalue weighted by molar-refractivity contribution is 7.98. The van der Waals surface area contributed by atoms with Crippen LogP contribution in [0.2, 0.25) is 0 Å². The maximum absolute atomic E-state index is 10.7. The Morgan fingerprint density at radius 1 is 1.53 bits per heavy atom. The number of aromatic carboxylic acids is 1. The number of benzene rings is 1. The maximum atomic E-state index is 10.7. The monoisotopic (exact) mass is 226 g/mol. The topological polar surface area (TPSA) is 46.5 Å². The molecule has 0 aliphatic carbocycles.